The Morgan fingerprint density at radius 3 is 2.67 bits per heavy atom. The highest BCUT2D eigenvalue weighted by molar-refractivity contribution is 5.99. The number of nitrogens with one attached hydrogen (secondary N) is 1. The Bertz CT molecular complexity index is 834. The van der Waals surface area contributed by atoms with Gasteiger partial charge in [0.2, 0.25) is 5.91 Å². The van der Waals surface area contributed by atoms with Gasteiger partial charge in [-0.25, -0.2) is 4.98 Å². The lowest BCUT2D eigenvalue weighted by Gasteiger charge is -2.34. The van der Waals surface area contributed by atoms with E-state index >= 15 is 0 Å². The Kier molecular flexibility index (Phi) is 5.11. The second-order valence-corrected chi connectivity index (χ2v) is 7.37. The first-order valence-electron chi connectivity index (χ1n) is 9.92. The van der Waals surface area contributed by atoms with Crippen molar-refractivity contribution in [3.05, 3.63) is 35.9 Å². The van der Waals surface area contributed by atoms with Gasteiger partial charge in [-0.05, 0) is 31.5 Å². The maximum Gasteiger partial charge on any atom is 0.272 e. The van der Waals surface area contributed by atoms with Crippen LogP contribution in [0.2, 0.25) is 0 Å². The molecule has 2 fully saturated rings. The molecule has 1 saturated heterocycles. The van der Waals surface area contributed by atoms with Gasteiger partial charge in [-0.1, -0.05) is 13.0 Å². The van der Waals surface area contributed by atoms with E-state index in [9.17, 15) is 9.59 Å². The molecule has 4 rings (SSSR count). The maximum absolute atomic E-state index is 12.6. The summed E-state index contributed by atoms with van der Waals surface area (Å²) >= 11 is 0. The summed E-state index contributed by atoms with van der Waals surface area (Å²) in [6, 6.07) is 5.80. The van der Waals surface area contributed by atoms with Gasteiger partial charge in [0, 0.05) is 51.3 Å². The van der Waals surface area contributed by atoms with Crippen LogP contribution in [-0.2, 0) is 4.79 Å². The monoisotopic (exact) mass is 369 g/mol. The summed E-state index contributed by atoms with van der Waals surface area (Å²) in [6.07, 6.45) is 4.56. The average Bonchev–Trinajstić information content (AvgIpc) is 3.48. The van der Waals surface area contributed by atoms with Crippen molar-refractivity contribution in [3.63, 3.8) is 0 Å². The molecule has 1 N–H and O–H groups in total. The van der Waals surface area contributed by atoms with Gasteiger partial charge in [-0.2, -0.15) is 0 Å². The Balaban J connectivity index is 1.34. The highest BCUT2D eigenvalue weighted by Crippen LogP contribution is 2.39. The summed E-state index contributed by atoms with van der Waals surface area (Å²) < 4.78 is 2.02. The number of piperazine rings is 1. The predicted octanol–water partition coefficient (Wildman–Crippen LogP) is 1.50. The number of fused-ring (bicyclic) bond motifs is 1. The van der Waals surface area contributed by atoms with Gasteiger partial charge < -0.3 is 19.5 Å². The molecule has 1 aliphatic carbocycles. The van der Waals surface area contributed by atoms with Crippen LogP contribution in [-0.4, -0.2) is 70.3 Å². The number of rotatable bonds is 6. The van der Waals surface area contributed by atoms with E-state index in [1.165, 1.54) is 0 Å². The number of likely N-dealkylation sites (N-methyl/N-ethyl adjacent to an activating group) is 1. The molecule has 1 saturated carbocycles. The average molecular weight is 369 g/mol. The minimum Gasteiger partial charge on any atom is -0.350 e. The molecule has 0 bridgehead atoms. The molecule has 144 valence electrons. The van der Waals surface area contributed by atoms with E-state index in [1.54, 1.807) is 0 Å². The lowest BCUT2D eigenvalue weighted by Crippen LogP contribution is -2.49. The minimum absolute atomic E-state index is 0.111. The molecule has 27 heavy (non-hydrogen) atoms. The van der Waals surface area contributed by atoms with E-state index in [4.69, 9.17) is 0 Å². The number of imidazole rings is 1. The summed E-state index contributed by atoms with van der Waals surface area (Å²) in [5, 5.41) is 2.88. The molecule has 1 aliphatic heterocycles. The lowest BCUT2D eigenvalue weighted by molar-refractivity contribution is -0.132. The molecule has 2 aromatic heterocycles. The number of amides is 2. The zero-order valence-electron chi connectivity index (χ0n) is 15.9. The van der Waals surface area contributed by atoms with E-state index in [0.29, 0.717) is 24.6 Å². The largest absolute Gasteiger partial charge is 0.350 e. The minimum atomic E-state index is -0.200. The first-order chi connectivity index (χ1) is 13.2. The van der Waals surface area contributed by atoms with Gasteiger partial charge in [-0.15, -0.1) is 0 Å². The van der Waals surface area contributed by atoms with E-state index in [1.807, 2.05) is 33.7 Å². The van der Waals surface area contributed by atoms with Gasteiger partial charge in [0.05, 0.1) is 5.52 Å². The number of aromatic nitrogens is 2. The van der Waals surface area contributed by atoms with Crippen LogP contribution in [0.3, 0.4) is 0 Å². The molecule has 0 atom stereocenters. The highest BCUT2D eigenvalue weighted by Gasteiger charge is 2.30. The quantitative estimate of drug-likeness (QED) is 0.838. The van der Waals surface area contributed by atoms with Crippen molar-refractivity contribution in [1.82, 2.24) is 24.5 Å². The SMILES string of the molecule is CCN1CCN(C(=O)CCNC(=O)c2nc(C3CC3)n3ccccc23)CC1. The summed E-state index contributed by atoms with van der Waals surface area (Å²) in [4.78, 5) is 33.8. The third-order valence-corrected chi connectivity index (χ3v) is 5.53. The zero-order chi connectivity index (χ0) is 18.8. The summed E-state index contributed by atoms with van der Waals surface area (Å²) in [6.45, 7) is 6.92. The molecule has 7 nitrogen and oxygen atoms in total. The lowest BCUT2D eigenvalue weighted by atomic mass is 10.2. The molecule has 0 radical (unpaired) electrons. The van der Waals surface area contributed by atoms with Crippen LogP contribution in [0.1, 0.15) is 48.4 Å². The van der Waals surface area contributed by atoms with Crippen molar-refractivity contribution in [2.24, 2.45) is 0 Å². The van der Waals surface area contributed by atoms with Gasteiger partial charge in [0.15, 0.2) is 5.69 Å². The fraction of sp³-hybridized carbons (Fsp3) is 0.550. The first-order valence-corrected chi connectivity index (χ1v) is 9.92. The highest BCUT2D eigenvalue weighted by atomic mass is 16.2. The number of carbonyl (C=O) groups is 2. The van der Waals surface area contributed by atoms with Gasteiger partial charge in [0.1, 0.15) is 5.82 Å². The Morgan fingerprint density at radius 1 is 1.19 bits per heavy atom. The fourth-order valence-corrected chi connectivity index (χ4v) is 3.70. The predicted molar refractivity (Wildman–Crippen MR) is 103 cm³/mol. The summed E-state index contributed by atoms with van der Waals surface area (Å²) in [5.41, 5.74) is 1.29. The van der Waals surface area contributed by atoms with E-state index < -0.39 is 0 Å². The van der Waals surface area contributed by atoms with Gasteiger partial charge in [0.25, 0.3) is 5.91 Å². The zero-order valence-corrected chi connectivity index (χ0v) is 15.9. The van der Waals surface area contributed by atoms with Crippen LogP contribution in [0.5, 0.6) is 0 Å². The fourth-order valence-electron chi connectivity index (χ4n) is 3.70. The second-order valence-electron chi connectivity index (χ2n) is 7.37. The standard InChI is InChI=1S/C20H27N5O2/c1-2-23-11-13-24(14-12-23)17(26)8-9-21-20(27)18-16-5-3-4-10-25(16)19(22-18)15-6-7-15/h3-5,10,15H,2,6-9,11-14H2,1H3,(H,21,27). The second kappa shape index (κ2) is 7.68. The normalized spacial score (nSPS) is 18.0. The van der Waals surface area contributed by atoms with Crippen molar-refractivity contribution in [2.45, 2.75) is 32.1 Å². The molecule has 2 amide bonds. The molecule has 0 unspecified atom stereocenters. The Morgan fingerprint density at radius 2 is 1.96 bits per heavy atom. The Hall–Kier alpha value is -2.41. The molecular weight excluding hydrogens is 342 g/mol. The molecule has 2 aliphatic rings. The number of pyridine rings is 1. The van der Waals surface area contributed by atoms with Crippen LogP contribution in [0.15, 0.2) is 24.4 Å². The molecule has 2 aromatic rings. The van der Waals surface area contributed by atoms with Crippen molar-refractivity contribution < 1.29 is 9.59 Å². The van der Waals surface area contributed by atoms with Crippen LogP contribution >= 0.6 is 0 Å². The van der Waals surface area contributed by atoms with E-state index in [2.05, 4.69) is 22.1 Å². The maximum atomic E-state index is 12.6. The van der Waals surface area contributed by atoms with Crippen molar-refractivity contribution in [1.29, 1.82) is 0 Å². The van der Waals surface area contributed by atoms with Gasteiger partial charge in [-0.3, -0.25) is 9.59 Å². The van der Waals surface area contributed by atoms with Crippen molar-refractivity contribution in [2.75, 3.05) is 39.3 Å². The van der Waals surface area contributed by atoms with Crippen molar-refractivity contribution >= 4 is 17.3 Å². The molecule has 0 aromatic carbocycles. The van der Waals surface area contributed by atoms with Crippen LogP contribution in [0, 0.1) is 0 Å². The molecular formula is C20H27N5O2. The van der Waals surface area contributed by atoms with Crippen molar-refractivity contribution in [3.8, 4) is 0 Å². The number of nitrogens with zero attached hydrogens (tertiary/aromatic N) is 4. The smallest absolute Gasteiger partial charge is 0.272 e. The molecule has 7 heteroatoms. The van der Waals surface area contributed by atoms with E-state index in [0.717, 1.165) is 56.9 Å². The summed E-state index contributed by atoms with van der Waals surface area (Å²) in [7, 11) is 0. The number of hydrogen-bond acceptors (Lipinski definition) is 4. The molecule has 3 heterocycles. The summed E-state index contributed by atoms with van der Waals surface area (Å²) in [5.74, 6) is 1.35. The number of carbonyl (C=O) groups excluding carboxylic acids is 2. The third-order valence-electron chi connectivity index (χ3n) is 5.53. The number of hydrogen-bond donors (Lipinski definition) is 1. The van der Waals surface area contributed by atoms with Crippen LogP contribution in [0.25, 0.3) is 5.52 Å². The van der Waals surface area contributed by atoms with Crippen LogP contribution in [0.4, 0.5) is 0 Å². The first kappa shape index (κ1) is 18.0. The topological polar surface area (TPSA) is 69.9 Å². The van der Waals surface area contributed by atoms with Gasteiger partial charge >= 0.3 is 0 Å². The Labute approximate surface area is 159 Å². The molecule has 0 spiro atoms. The van der Waals surface area contributed by atoms with E-state index in [-0.39, 0.29) is 11.8 Å². The third kappa shape index (κ3) is 3.83. The van der Waals surface area contributed by atoms with Crippen LogP contribution < -0.4 is 5.32 Å².